The van der Waals surface area contributed by atoms with E-state index < -0.39 is 5.60 Å². The average Bonchev–Trinajstić information content (AvgIpc) is 2.75. The molecule has 8 heteroatoms. The van der Waals surface area contributed by atoms with E-state index in [2.05, 4.69) is 54.4 Å². The van der Waals surface area contributed by atoms with Crippen molar-refractivity contribution >= 4 is 17.9 Å². The zero-order valence-electron chi connectivity index (χ0n) is 20.6. The Morgan fingerprint density at radius 1 is 1.12 bits per heavy atom. The lowest BCUT2D eigenvalue weighted by Gasteiger charge is -2.35. The van der Waals surface area contributed by atoms with E-state index in [4.69, 9.17) is 4.74 Å². The van der Waals surface area contributed by atoms with Crippen molar-refractivity contribution in [2.45, 2.75) is 58.2 Å². The summed E-state index contributed by atoms with van der Waals surface area (Å²) in [5.74, 6) is 0.314. The Labute approximate surface area is 201 Å². The van der Waals surface area contributed by atoms with Crippen LogP contribution in [0.5, 0.6) is 0 Å². The van der Waals surface area contributed by atoms with Crippen LogP contribution in [0.25, 0.3) is 11.3 Å². The summed E-state index contributed by atoms with van der Waals surface area (Å²) in [7, 11) is 0. The maximum absolute atomic E-state index is 13.2. The van der Waals surface area contributed by atoms with Crippen LogP contribution in [0.3, 0.4) is 0 Å². The summed E-state index contributed by atoms with van der Waals surface area (Å²) in [6, 6.07) is 10.2. The van der Waals surface area contributed by atoms with Crippen molar-refractivity contribution in [2.75, 3.05) is 32.4 Å². The predicted octanol–water partition coefficient (Wildman–Crippen LogP) is 4.34. The number of carbonyl (C=O) groups excluding carboxylic acids is 1. The first kappa shape index (κ1) is 25.3. The first-order valence-corrected chi connectivity index (χ1v) is 12.7. The van der Waals surface area contributed by atoms with Gasteiger partial charge in [0.25, 0.3) is 5.56 Å². The predicted molar refractivity (Wildman–Crippen MR) is 134 cm³/mol. The van der Waals surface area contributed by atoms with Gasteiger partial charge in [-0.3, -0.25) is 9.69 Å². The second-order valence-electron chi connectivity index (χ2n) is 9.91. The molecule has 0 unspecified atom stereocenters. The molecular formula is C25H36N4O3S. The maximum atomic E-state index is 13.2. The van der Waals surface area contributed by atoms with Gasteiger partial charge in [-0.05, 0) is 51.1 Å². The minimum Gasteiger partial charge on any atom is -0.444 e. The second-order valence-corrected chi connectivity index (χ2v) is 10.8. The molecule has 1 aromatic heterocycles. The molecule has 0 atom stereocenters. The number of thioether (sulfide) groups is 1. The topological polar surface area (TPSA) is 67.7 Å². The Morgan fingerprint density at radius 2 is 1.76 bits per heavy atom. The van der Waals surface area contributed by atoms with Gasteiger partial charge in [-0.15, -0.1) is 11.8 Å². The number of aromatic nitrogens is 2. The third kappa shape index (κ3) is 7.08. The van der Waals surface area contributed by atoms with Gasteiger partial charge in [0.05, 0.1) is 5.69 Å². The Hall–Kier alpha value is -2.32. The normalized spacial score (nSPS) is 15.2. The van der Waals surface area contributed by atoms with Crippen molar-refractivity contribution in [3.05, 3.63) is 46.2 Å². The van der Waals surface area contributed by atoms with Crippen LogP contribution in [0.2, 0.25) is 0 Å². The van der Waals surface area contributed by atoms with E-state index in [1.807, 2.05) is 26.8 Å². The Bertz CT molecular complexity index is 1000. The van der Waals surface area contributed by atoms with Gasteiger partial charge in [-0.1, -0.05) is 26.0 Å². The molecular weight excluding hydrogens is 436 g/mol. The molecule has 7 nitrogen and oxygen atoms in total. The fourth-order valence-electron chi connectivity index (χ4n) is 3.74. The summed E-state index contributed by atoms with van der Waals surface area (Å²) >= 11 is 1.70. The van der Waals surface area contributed by atoms with Crippen molar-refractivity contribution in [3.63, 3.8) is 0 Å². The number of amides is 1. The fourth-order valence-corrected chi connectivity index (χ4v) is 4.15. The first-order valence-electron chi connectivity index (χ1n) is 11.5. The first-order chi connectivity index (χ1) is 15.6. The van der Waals surface area contributed by atoms with Gasteiger partial charge in [0.1, 0.15) is 5.60 Å². The summed E-state index contributed by atoms with van der Waals surface area (Å²) < 4.78 is 7.09. The number of piperazine rings is 1. The van der Waals surface area contributed by atoms with E-state index in [0.717, 1.165) is 16.8 Å². The molecule has 2 heterocycles. The highest BCUT2D eigenvalue weighted by Gasteiger charge is 2.26. The summed E-state index contributed by atoms with van der Waals surface area (Å²) in [6.45, 7) is 13.5. The van der Waals surface area contributed by atoms with Crippen LogP contribution in [0, 0.1) is 5.92 Å². The molecule has 3 rings (SSSR count). The van der Waals surface area contributed by atoms with E-state index >= 15 is 0 Å². The molecule has 0 bridgehead atoms. The van der Waals surface area contributed by atoms with Crippen molar-refractivity contribution < 1.29 is 9.53 Å². The van der Waals surface area contributed by atoms with Gasteiger partial charge in [0, 0.05) is 55.3 Å². The molecule has 1 aliphatic rings. The summed E-state index contributed by atoms with van der Waals surface area (Å²) in [5, 5.41) is 4.67. The minimum absolute atomic E-state index is 0.0391. The highest BCUT2D eigenvalue weighted by molar-refractivity contribution is 7.98. The van der Waals surface area contributed by atoms with Crippen LogP contribution in [-0.2, 0) is 17.8 Å². The summed E-state index contributed by atoms with van der Waals surface area (Å²) in [6.07, 6.45) is 1.78. The zero-order valence-corrected chi connectivity index (χ0v) is 21.4. The molecule has 2 aromatic rings. The fraction of sp³-hybridized carbons (Fsp3) is 0.560. The summed E-state index contributed by atoms with van der Waals surface area (Å²) in [4.78, 5) is 30.7. The van der Waals surface area contributed by atoms with Gasteiger partial charge in [-0.25, -0.2) is 9.48 Å². The standard InChI is InChI=1S/C25H36N4O3S/c1-18(2)16-29-23(30)20(15-22(26-29)19-7-9-21(33-6)10-8-19)17-27-11-13-28(14-12-27)24(31)32-25(3,4)5/h7-10,15,18H,11-14,16-17H2,1-6H3. The van der Waals surface area contributed by atoms with Crippen LogP contribution >= 0.6 is 11.8 Å². The second kappa shape index (κ2) is 10.7. The molecule has 0 N–H and O–H groups in total. The lowest BCUT2D eigenvalue weighted by Crippen LogP contribution is -2.50. The SMILES string of the molecule is CSc1ccc(-c2cc(CN3CCN(C(=O)OC(C)(C)C)CC3)c(=O)n(CC(C)C)n2)cc1. The maximum Gasteiger partial charge on any atom is 0.410 e. The number of nitrogens with zero attached hydrogens (tertiary/aromatic N) is 4. The number of ether oxygens (including phenoxy) is 1. The van der Waals surface area contributed by atoms with E-state index in [9.17, 15) is 9.59 Å². The monoisotopic (exact) mass is 472 g/mol. The smallest absolute Gasteiger partial charge is 0.410 e. The molecule has 0 aliphatic carbocycles. The number of benzene rings is 1. The molecule has 0 spiro atoms. The molecule has 33 heavy (non-hydrogen) atoms. The molecule has 1 saturated heterocycles. The third-order valence-corrected chi connectivity index (χ3v) is 6.13. The van der Waals surface area contributed by atoms with Gasteiger partial charge in [-0.2, -0.15) is 5.10 Å². The molecule has 180 valence electrons. The number of rotatable bonds is 6. The zero-order chi connectivity index (χ0) is 24.2. The quantitative estimate of drug-likeness (QED) is 0.583. The van der Waals surface area contributed by atoms with E-state index in [0.29, 0.717) is 45.2 Å². The van der Waals surface area contributed by atoms with Gasteiger partial charge >= 0.3 is 6.09 Å². The van der Waals surface area contributed by atoms with Crippen molar-refractivity contribution in [1.82, 2.24) is 19.6 Å². The Morgan fingerprint density at radius 3 is 2.30 bits per heavy atom. The largest absolute Gasteiger partial charge is 0.444 e. The average molecular weight is 473 g/mol. The van der Waals surface area contributed by atoms with Crippen molar-refractivity contribution in [2.24, 2.45) is 5.92 Å². The Balaban J connectivity index is 1.78. The highest BCUT2D eigenvalue weighted by atomic mass is 32.2. The van der Waals surface area contributed by atoms with Crippen LogP contribution < -0.4 is 5.56 Å². The molecule has 1 aliphatic heterocycles. The number of carbonyl (C=O) groups is 1. The van der Waals surface area contributed by atoms with E-state index in [1.165, 1.54) is 4.90 Å². The lowest BCUT2D eigenvalue weighted by atomic mass is 10.1. The van der Waals surface area contributed by atoms with Gasteiger partial charge in [0.15, 0.2) is 0 Å². The number of hydrogen-bond acceptors (Lipinski definition) is 6. The number of hydrogen-bond donors (Lipinski definition) is 0. The van der Waals surface area contributed by atoms with Crippen LogP contribution in [0.1, 0.15) is 40.2 Å². The lowest BCUT2D eigenvalue weighted by molar-refractivity contribution is 0.0138. The van der Waals surface area contributed by atoms with Gasteiger partial charge < -0.3 is 9.64 Å². The minimum atomic E-state index is -0.503. The van der Waals surface area contributed by atoms with Crippen LogP contribution in [0.15, 0.2) is 40.0 Å². The molecule has 1 amide bonds. The van der Waals surface area contributed by atoms with Crippen molar-refractivity contribution in [1.29, 1.82) is 0 Å². The molecule has 1 aromatic carbocycles. The molecule has 0 radical (unpaired) electrons. The van der Waals surface area contributed by atoms with E-state index in [-0.39, 0.29) is 11.7 Å². The van der Waals surface area contributed by atoms with E-state index in [1.54, 1.807) is 21.3 Å². The highest BCUT2D eigenvalue weighted by Crippen LogP contribution is 2.22. The van der Waals surface area contributed by atoms with Gasteiger partial charge in [0.2, 0.25) is 0 Å². The third-order valence-electron chi connectivity index (χ3n) is 5.39. The molecule has 1 fully saturated rings. The summed E-state index contributed by atoms with van der Waals surface area (Å²) in [5.41, 5.74) is 2.01. The Kier molecular flexibility index (Phi) is 8.23. The van der Waals surface area contributed by atoms with Crippen molar-refractivity contribution in [3.8, 4) is 11.3 Å². The molecule has 0 saturated carbocycles. The van der Waals surface area contributed by atoms with Crippen LogP contribution in [-0.4, -0.2) is 63.7 Å². The van der Waals surface area contributed by atoms with Crippen LogP contribution in [0.4, 0.5) is 4.79 Å².